The zero-order chi connectivity index (χ0) is 19.7. The largest absolute Gasteiger partial charge is 0.369 e. The number of fused-ring (bicyclic) bond motifs is 1. The number of aryl methyl sites for hydroxylation is 1. The van der Waals surface area contributed by atoms with Crippen LogP contribution >= 0.6 is 12.4 Å². The van der Waals surface area contributed by atoms with Crippen molar-refractivity contribution in [2.45, 2.75) is 12.8 Å². The Kier molecular flexibility index (Phi) is 6.35. The van der Waals surface area contributed by atoms with Crippen LogP contribution in [0, 0.1) is 10.1 Å². The topological polar surface area (TPSA) is 66.7 Å². The number of benzene rings is 2. The number of halogens is 1. The molecule has 29 heavy (non-hydrogen) atoms. The molecule has 2 aromatic carbocycles. The Balaban J connectivity index is 0.00000240. The fourth-order valence-corrected chi connectivity index (χ4v) is 3.86. The van der Waals surface area contributed by atoms with Gasteiger partial charge in [-0.2, -0.15) is 0 Å². The number of allylic oxidation sites excluding steroid dienone is 1. The minimum absolute atomic E-state index is 0. The zero-order valence-corrected chi connectivity index (χ0v) is 17.2. The van der Waals surface area contributed by atoms with E-state index in [0.29, 0.717) is 6.42 Å². The lowest BCUT2D eigenvalue weighted by atomic mass is 9.85. The highest BCUT2D eigenvalue weighted by atomic mass is 35.5. The molecule has 6 nitrogen and oxygen atoms in total. The smallest absolute Gasteiger partial charge is 0.269 e. The molecule has 1 aliphatic heterocycles. The molecule has 2 aromatic rings. The molecule has 0 bridgehead atoms. The molecule has 0 radical (unpaired) electrons. The molecule has 0 spiro atoms. The fraction of sp³-hybridized carbons (Fsp3) is 0.318. The van der Waals surface area contributed by atoms with Crippen molar-refractivity contribution in [1.82, 2.24) is 4.90 Å². The minimum Gasteiger partial charge on any atom is -0.369 e. The lowest BCUT2D eigenvalue weighted by molar-refractivity contribution is -0.384. The van der Waals surface area contributed by atoms with Crippen LogP contribution in [0.2, 0.25) is 0 Å². The standard InChI is InChI=1S/C22H23N3O3.ClH/c1-23-10-12-24(13-11-23)20-8-9-21-17(15-20)4-5-18(22(21)26)14-16-2-6-19(7-3-16)25(27)28;/h2-3,6-9,14-15H,4-5,10-13H2,1H3;1H/b18-14+;. The highest BCUT2D eigenvalue weighted by Gasteiger charge is 2.23. The van der Waals surface area contributed by atoms with E-state index in [0.717, 1.165) is 54.9 Å². The molecule has 1 saturated heterocycles. The summed E-state index contributed by atoms with van der Waals surface area (Å²) in [6.07, 6.45) is 3.37. The van der Waals surface area contributed by atoms with Gasteiger partial charge in [0.2, 0.25) is 0 Å². The number of Topliss-reactive ketones (excluding diaryl/α,β-unsaturated/α-hetero) is 1. The van der Waals surface area contributed by atoms with Crippen molar-refractivity contribution >= 4 is 35.6 Å². The normalized spacial score (nSPS) is 18.3. The first-order valence-corrected chi connectivity index (χ1v) is 9.57. The van der Waals surface area contributed by atoms with Crippen molar-refractivity contribution in [3.63, 3.8) is 0 Å². The van der Waals surface area contributed by atoms with Gasteiger partial charge in [0.15, 0.2) is 5.78 Å². The van der Waals surface area contributed by atoms with E-state index in [1.54, 1.807) is 12.1 Å². The summed E-state index contributed by atoms with van der Waals surface area (Å²) in [6.45, 7) is 4.12. The number of nitro groups is 1. The van der Waals surface area contributed by atoms with Crippen LogP contribution in [0.3, 0.4) is 0 Å². The number of nitrogens with zero attached hydrogens (tertiary/aromatic N) is 3. The molecular formula is C22H24ClN3O3. The van der Waals surface area contributed by atoms with Crippen LogP contribution in [0.5, 0.6) is 0 Å². The van der Waals surface area contributed by atoms with Crippen molar-refractivity contribution in [2.24, 2.45) is 0 Å². The molecule has 0 N–H and O–H groups in total. The number of ketones is 1. The highest BCUT2D eigenvalue weighted by Crippen LogP contribution is 2.30. The maximum absolute atomic E-state index is 12.9. The molecule has 1 aliphatic carbocycles. The van der Waals surface area contributed by atoms with E-state index in [2.05, 4.69) is 29.0 Å². The Morgan fingerprint density at radius 2 is 1.69 bits per heavy atom. The van der Waals surface area contributed by atoms with Gasteiger partial charge in [-0.05, 0) is 67.4 Å². The summed E-state index contributed by atoms with van der Waals surface area (Å²) in [4.78, 5) is 28.0. The van der Waals surface area contributed by atoms with E-state index in [9.17, 15) is 14.9 Å². The van der Waals surface area contributed by atoms with Crippen LogP contribution in [0.25, 0.3) is 6.08 Å². The average Bonchev–Trinajstić information content (AvgIpc) is 2.71. The van der Waals surface area contributed by atoms with Gasteiger partial charge in [0.25, 0.3) is 5.69 Å². The van der Waals surface area contributed by atoms with Crippen molar-refractivity contribution < 1.29 is 9.72 Å². The molecule has 4 rings (SSSR count). The molecule has 0 aromatic heterocycles. The molecule has 1 fully saturated rings. The quantitative estimate of drug-likeness (QED) is 0.432. The summed E-state index contributed by atoms with van der Waals surface area (Å²) < 4.78 is 0. The lowest BCUT2D eigenvalue weighted by Crippen LogP contribution is -2.44. The van der Waals surface area contributed by atoms with E-state index in [-0.39, 0.29) is 23.9 Å². The van der Waals surface area contributed by atoms with Crippen LogP contribution in [0.15, 0.2) is 48.0 Å². The first kappa shape index (κ1) is 21.0. The SMILES string of the molecule is CN1CCN(c2ccc3c(c2)CC/C(=C\c2ccc([N+](=O)[O-])cc2)C3=O)CC1.Cl. The fourth-order valence-electron chi connectivity index (χ4n) is 3.86. The molecule has 7 heteroatoms. The number of hydrogen-bond acceptors (Lipinski definition) is 5. The van der Waals surface area contributed by atoms with E-state index in [1.165, 1.54) is 17.8 Å². The summed E-state index contributed by atoms with van der Waals surface area (Å²) >= 11 is 0. The van der Waals surface area contributed by atoms with E-state index in [4.69, 9.17) is 0 Å². The van der Waals surface area contributed by atoms with Gasteiger partial charge in [-0.1, -0.05) is 0 Å². The van der Waals surface area contributed by atoms with Crippen molar-refractivity contribution in [3.8, 4) is 0 Å². The first-order chi connectivity index (χ1) is 13.5. The van der Waals surface area contributed by atoms with Gasteiger partial charge in [-0.15, -0.1) is 12.4 Å². The van der Waals surface area contributed by atoms with E-state index in [1.807, 2.05) is 12.1 Å². The molecule has 0 unspecified atom stereocenters. The Hall–Kier alpha value is -2.70. The minimum atomic E-state index is -0.420. The number of hydrogen-bond donors (Lipinski definition) is 0. The van der Waals surface area contributed by atoms with Crippen molar-refractivity contribution in [3.05, 3.63) is 74.8 Å². The predicted octanol–water partition coefficient (Wildman–Crippen LogP) is 3.98. The third kappa shape index (κ3) is 4.49. The first-order valence-electron chi connectivity index (χ1n) is 9.57. The number of piperazine rings is 1. The second kappa shape index (κ2) is 8.76. The molecule has 152 valence electrons. The molecule has 0 atom stereocenters. The molecule has 0 saturated carbocycles. The van der Waals surface area contributed by atoms with Crippen molar-refractivity contribution in [2.75, 3.05) is 38.1 Å². The Bertz CT molecular complexity index is 948. The predicted molar refractivity (Wildman–Crippen MR) is 117 cm³/mol. The summed E-state index contributed by atoms with van der Waals surface area (Å²) in [5.41, 5.74) is 4.71. The monoisotopic (exact) mass is 413 g/mol. The average molecular weight is 414 g/mol. The van der Waals surface area contributed by atoms with Crippen LogP contribution in [-0.2, 0) is 6.42 Å². The Morgan fingerprint density at radius 1 is 1.00 bits per heavy atom. The van der Waals surface area contributed by atoms with Crippen LogP contribution in [0.1, 0.15) is 27.9 Å². The van der Waals surface area contributed by atoms with Gasteiger partial charge in [0.1, 0.15) is 0 Å². The summed E-state index contributed by atoms with van der Waals surface area (Å²) in [5.74, 6) is 0.0598. The van der Waals surface area contributed by atoms with Gasteiger partial charge in [0.05, 0.1) is 4.92 Å². The second-order valence-electron chi connectivity index (χ2n) is 7.48. The number of carbonyl (C=O) groups is 1. The van der Waals surface area contributed by atoms with E-state index < -0.39 is 4.92 Å². The summed E-state index contributed by atoms with van der Waals surface area (Å²) in [7, 11) is 2.14. The number of non-ortho nitro benzene ring substituents is 1. The number of rotatable bonds is 3. The number of nitro benzene ring substituents is 1. The molecule has 1 heterocycles. The Morgan fingerprint density at radius 3 is 2.34 bits per heavy atom. The summed E-state index contributed by atoms with van der Waals surface area (Å²) in [5, 5.41) is 10.8. The third-order valence-electron chi connectivity index (χ3n) is 5.60. The maximum atomic E-state index is 12.9. The van der Waals surface area contributed by atoms with Gasteiger partial charge >= 0.3 is 0 Å². The number of likely N-dealkylation sites (N-methyl/N-ethyl adjacent to an activating group) is 1. The van der Waals surface area contributed by atoms with Crippen LogP contribution < -0.4 is 4.90 Å². The third-order valence-corrected chi connectivity index (χ3v) is 5.60. The highest BCUT2D eigenvalue weighted by molar-refractivity contribution is 6.13. The number of carbonyl (C=O) groups excluding carboxylic acids is 1. The van der Waals surface area contributed by atoms with Crippen LogP contribution in [-0.4, -0.2) is 48.8 Å². The molecule has 2 aliphatic rings. The Labute approximate surface area is 176 Å². The van der Waals surface area contributed by atoms with Gasteiger partial charge in [-0.3, -0.25) is 14.9 Å². The summed E-state index contributed by atoms with van der Waals surface area (Å²) in [6, 6.07) is 12.5. The lowest BCUT2D eigenvalue weighted by Gasteiger charge is -2.34. The van der Waals surface area contributed by atoms with Crippen molar-refractivity contribution in [1.29, 1.82) is 0 Å². The molecule has 0 amide bonds. The maximum Gasteiger partial charge on any atom is 0.269 e. The zero-order valence-electron chi connectivity index (χ0n) is 16.3. The van der Waals surface area contributed by atoms with Crippen LogP contribution in [0.4, 0.5) is 11.4 Å². The van der Waals surface area contributed by atoms with Gasteiger partial charge < -0.3 is 9.80 Å². The molecular weight excluding hydrogens is 390 g/mol. The van der Waals surface area contributed by atoms with Gasteiger partial charge in [-0.25, -0.2) is 0 Å². The second-order valence-corrected chi connectivity index (χ2v) is 7.48. The number of anilines is 1. The van der Waals surface area contributed by atoms with E-state index >= 15 is 0 Å². The van der Waals surface area contributed by atoms with Gasteiger partial charge in [0, 0.05) is 55.1 Å².